The van der Waals surface area contributed by atoms with Gasteiger partial charge in [0.05, 0.1) is 11.8 Å². The summed E-state index contributed by atoms with van der Waals surface area (Å²) in [5, 5.41) is 6.77. The Bertz CT molecular complexity index is 336. The van der Waals surface area contributed by atoms with Crippen LogP contribution in [0, 0.1) is 3.70 Å². The lowest BCUT2D eigenvalue weighted by atomic mass is 10.3. The van der Waals surface area contributed by atoms with E-state index in [-0.39, 0.29) is 11.9 Å². The number of hydrogen-bond donors (Lipinski definition) is 2. The van der Waals surface area contributed by atoms with Crippen molar-refractivity contribution in [2.75, 3.05) is 6.54 Å². The Kier molecular flexibility index (Phi) is 3.87. The Balaban J connectivity index is 2.75. The minimum atomic E-state index is -0.125. The van der Waals surface area contributed by atoms with Crippen LogP contribution < -0.4 is 11.1 Å². The van der Waals surface area contributed by atoms with E-state index in [1.807, 2.05) is 6.92 Å². The first-order chi connectivity index (χ1) is 6.56. The zero-order valence-corrected chi connectivity index (χ0v) is 10.3. The summed E-state index contributed by atoms with van der Waals surface area (Å²) in [5.74, 6) is -0.125. The van der Waals surface area contributed by atoms with E-state index < -0.39 is 0 Å². The van der Waals surface area contributed by atoms with Crippen molar-refractivity contribution in [2.24, 2.45) is 12.8 Å². The molecule has 3 N–H and O–H groups in total. The van der Waals surface area contributed by atoms with Crippen LogP contribution in [0.3, 0.4) is 0 Å². The number of hydrogen-bond acceptors (Lipinski definition) is 3. The maximum Gasteiger partial charge on any atom is 0.255 e. The van der Waals surface area contributed by atoms with Crippen LogP contribution in [0.2, 0.25) is 0 Å². The molecule has 0 aliphatic rings. The van der Waals surface area contributed by atoms with Gasteiger partial charge in [-0.05, 0) is 29.5 Å². The molecule has 1 atom stereocenters. The van der Waals surface area contributed by atoms with E-state index in [9.17, 15) is 4.79 Å². The molecule has 0 fully saturated rings. The van der Waals surface area contributed by atoms with E-state index in [1.54, 1.807) is 17.9 Å². The molecule has 1 aromatic rings. The highest BCUT2D eigenvalue weighted by atomic mass is 127. The highest BCUT2D eigenvalue weighted by Gasteiger charge is 2.14. The molecule has 1 amide bonds. The highest BCUT2D eigenvalue weighted by Crippen LogP contribution is 2.09. The molecule has 0 radical (unpaired) electrons. The molecule has 0 saturated heterocycles. The number of nitrogens with zero attached hydrogens (tertiary/aromatic N) is 2. The minimum absolute atomic E-state index is 0.0153. The van der Waals surface area contributed by atoms with Gasteiger partial charge >= 0.3 is 0 Å². The van der Waals surface area contributed by atoms with E-state index in [0.29, 0.717) is 12.1 Å². The molecule has 0 bridgehead atoms. The molecular weight excluding hydrogens is 295 g/mol. The fourth-order valence-electron chi connectivity index (χ4n) is 0.935. The van der Waals surface area contributed by atoms with Gasteiger partial charge < -0.3 is 11.1 Å². The summed E-state index contributed by atoms with van der Waals surface area (Å²) >= 11 is 2.08. The molecule has 0 aliphatic carbocycles. The Hall–Kier alpha value is -0.630. The zero-order valence-electron chi connectivity index (χ0n) is 8.12. The first-order valence-electron chi connectivity index (χ1n) is 4.24. The van der Waals surface area contributed by atoms with E-state index in [1.165, 1.54) is 0 Å². The van der Waals surface area contributed by atoms with Gasteiger partial charge in [0.2, 0.25) is 0 Å². The Labute approximate surface area is 96.2 Å². The fourth-order valence-corrected chi connectivity index (χ4v) is 1.44. The quantitative estimate of drug-likeness (QED) is 0.778. The number of aryl methyl sites for hydroxylation is 1. The van der Waals surface area contributed by atoms with Gasteiger partial charge in [-0.1, -0.05) is 0 Å². The predicted octanol–water partition coefficient (Wildman–Crippen LogP) is 0.102. The van der Waals surface area contributed by atoms with E-state index >= 15 is 0 Å². The number of nitrogens with one attached hydrogen (secondary N) is 1. The largest absolute Gasteiger partial charge is 0.348 e. The van der Waals surface area contributed by atoms with Crippen LogP contribution >= 0.6 is 22.6 Å². The molecule has 14 heavy (non-hydrogen) atoms. The maximum absolute atomic E-state index is 11.6. The number of halogens is 1. The second-order valence-corrected chi connectivity index (χ2v) is 4.10. The van der Waals surface area contributed by atoms with Crippen LogP contribution in [0.25, 0.3) is 0 Å². The second-order valence-electron chi connectivity index (χ2n) is 3.08. The number of aromatic nitrogens is 2. The lowest BCUT2D eigenvalue weighted by Gasteiger charge is -2.10. The van der Waals surface area contributed by atoms with Gasteiger partial charge in [-0.15, -0.1) is 0 Å². The van der Waals surface area contributed by atoms with E-state index in [0.717, 1.165) is 3.70 Å². The minimum Gasteiger partial charge on any atom is -0.348 e. The lowest BCUT2D eigenvalue weighted by molar-refractivity contribution is 0.0940. The number of nitrogens with two attached hydrogens (primary N) is 1. The topological polar surface area (TPSA) is 72.9 Å². The van der Waals surface area contributed by atoms with Crippen LogP contribution in [-0.2, 0) is 7.05 Å². The number of amides is 1. The van der Waals surface area contributed by atoms with Crippen molar-refractivity contribution in [3.05, 3.63) is 15.5 Å². The third kappa shape index (κ3) is 2.44. The molecule has 5 nitrogen and oxygen atoms in total. The summed E-state index contributed by atoms with van der Waals surface area (Å²) in [6, 6.07) is -0.0153. The van der Waals surface area contributed by atoms with Gasteiger partial charge in [0, 0.05) is 19.6 Å². The summed E-state index contributed by atoms with van der Waals surface area (Å²) < 4.78 is 2.48. The van der Waals surface area contributed by atoms with Crippen LogP contribution in [0.1, 0.15) is 17.3 Å². The van der Waals surface area contributed by atoms with Gasteiger partial charge in [0.25, 0.3) is 5.91 Å². The summed E-state index contributed by atoms with van der Waals surface area (Å²) in [6.07, 6.45) is 1.56. The SMILES string of the molecule is C[C@H](CN)NC(=O)c1cnn(C)c1I. The van der Waals surface area contributed by atoms with Crippen LogP contribution in [0.4, 0.5) is 0 Å². The molecule has 1 rings (SSSR count). The van der Waals surface area contributed by atoms with Gasteiger partial charge in [-0.3, -0.25) is 9.48 Å². The number of rotatable bonds is 3. The maximum atomic E-state index is 11.6. The zero-order chi connectivity index (χ0) is 10.7. The normalized spacial score (nSPS) is 12.6. The van der Waals surface area contributed by atoms with Crippen LogP contribution in [-0.4, -0.2) is 28.3 Å². The van der Waals surface area contributed by atoms with Gasteiger partial charge in [0.15, 0.2) is 0 Å². The number of carbonyl (C=O) groups is 1. The van der Waals surface area contributed by atoms with Crippen molar-refractivity contribution in [3.63, 3.8) is 0 Å². The van der Waals surface area contributed by atoms with Gasteiger partial charge in [-0.25, -0.2) is 0 Å². The molecule has 1 heterocycles. The summed E-state index contributed by atoms with van der Waals surface area (Å²) in [5.41, 5.74) is 6.00. The van der Waals surface area contributed by atoms with E-state index in [2.05, 4.69) is 33.0 Å². The molecule has 0 spiro atoms. The predicted molar refractivity (Wildman–Crippen MR) is 61.9 cm³/mol. The third-order valence-corrected chi connectivity index (χ3v) is 3.12. The second kappa shape index (κ2) is 4.74. The van der Waals surface area contributed by atoms with Crippen molar-refractivity contribution < 1.29 is 4.79 Å². The van der Waals surface area contributed by atoms with Crippen molar-refractivity contribution in [1.82, 2.24) is 15.1 Å². The Morgan fingerprint density at radius 2 is 2.50 bits per heavy atom. The van der Waals surface area contributed by atoms with Crippen LogP contribution in [0.15, 0.2) is 6.20 Å². The molecule has 6 heteroatoms. The van der Waals surface area contributed by atoms with Crippen LogP contribution in [0.5, 0.6) is 0 Å². The summed E-state index contributed by atoms with van der Waals surface area (Å²) in [6.45, 7) is 2.30. The smallest absolute Gasteiger partial charge is 0.255 e. The molecule has 1 aromatic heterocycles. The van der Waals surface area contributed by atoms with Gasteiger partial charge in [0.1, 0.15) is 3.70 Å². The van der Waals surface area contributed by atoms with Crippen molar-refractivity contribution in [2.45, 2.75) is 13.0 Å². The Morgan fingerprint density at radius 1 is 1.86 bits per heavy atom. The monoisotopic (exact) mass is 308 g/mol. The first kappa shape index (κ1) is 11.4. The number of carbonyl (C=O) groups excluding carboxylic acids is 1. The molecular formula is C8H13IN4O. The average Bonchev–Trinajstić information content (AvgIpc) is 2.47. The van der Waals surface area contributed by atoms with Crippen molar-refractivity contribution >= 4 is 28.5 Å². The molecule has 0 unspecified atom stereocenters. The molecule has 78 valence electrons. The molecule has 0 aromatic carbocycles. The molecule has 0 aliphatic heterocycles. The lowest BCUT2D eigenvalue weighted by Crippen LogP contribution is -2.37. The average molecular weight is 308 g/mol. The molecule has 0 saturated carbocycles. The fraction of sp³-hybridized carbons (Fsp3) is 0.500. The summed E-state index contributed by atoms with van der Waals surface area (Å²) in [4.78, 5) is 11.6. The van der Waals surface area contributed by atoms with E-state index in [4.69, 9.17) is 5.73 Å². The third-order valence-electron chi connectivity index (χ3n) is 1.84. The summed E-state index contributed by atoms with van der Waals surface area (Å²) in [7, 11) is 1.80. The first-order valence-corrected chi connectivity index (χ1v) is 5.32. The van der Waals surface area contributed by atoms with Gasteiger partial charge in [-0.2, -0.15) is 5.10 Å². The van der Waals surface area contributed by atoms with Crippen molar-refractivity contribution in [3.8, 4) is 0 Å². The standard InChI is InChI=1S/C8H13IN4O/c1-5(3-10)12-8(14)6-4-11-13(2)7(6)9/h4-5H,3,10H2,1-2H3,(H,12,14)/t5-/m1/s1. The highest BCUT2D eigenvalue weighted by molar-refractivity contribution is 14.1. The van der Waals surface area contributed by atoms with Crippen molar-refractivity contribution in [1.29, 1.82) is 0 Å². The Morgan fingerprint density at radius 3 is 2.93 bits per heavy atom.